The lowest BCUT2D eigenvalue weighted by Gasteiger charge is -2.18. The number of benzene rings is 1. The Morgan fingerprint density at radius 3 is 2.74 bits per heavy atom. The highest BCUT2D eigenvalue weighted by molar-refractivity contribution is 5.80. The Kier molecular flexibility index (Phi) is 4.99. The Bertz CT molecular complexity index is 502. The number of aldehydes is 1. The molecule has 1 aromatic carbocycles. The van der Waals surface area contributed by atoms with Crippen LogP contribution in [-0.2, 0) is 4.79 Å². The Morgan fingerprint density at radius 2 is 2.21 bits per heavy atom. The molecule has 0 atom stereocenters. The number of anilines is 1. The highest BCUT2D eigenvalue weighted by Gasteiger charge is 2.18. The molecule has 0 aliphatic carbocycles. The van der Waals surface area contributed by atoms with Gasteiger partial charge in [-0.05, 0) is 12.1 Å². The molecule has 0 spiro atoms. The number of nitro groups is 1. The van der Waals surface area contributed by atoms with Gasteiger partial charge >= 0.3 is 0 Å². The van der Waals surface area contributed by atoms with Gasteiger partial charge in [-0.25, -0.2) is 0 Å². The van der Waals surface area contributed by atoms with Crippen LogP contribution in [0.1, 0.15) is 16.8 Å². The molecule has 19 heavy (non-hydrogen) atoms. The third-order valence-corrected chi connectivity index (χ3v) is 2.70. The monoisotopic (exact) mass is 265 g/mol. The zero-order chi connectivity index (χ0) is 14.4. The molecule has 7 nitrogen and oxygen atoms in total. The van der Waals surface area contributed by atoms with E-state index in [9.17, 15) is 19.7 Å². The second-order valence-corrected chi connectivity index (χ2v) is 3.97. The summed E-state index contributed by atoms with van der Waals surface area (Å²) >= 11 is 0. The van der Waals surface area contributed by atoms with E-state index in [1.165, 1.54) is 25.2 Å². The average Bonchev–Trinajstić information content (AvgIpc) is 2.43. The van der Waals surface area contributed by atoms with E-state index in [2.05, 4.69) is 5.32 Å². The summed E-state index contributed by atoms with van der Waals surface area (Å²) in [7, 11) is 3.19. The first kappa shape index (κ1) is 14.6. The van der Waals surface area contributed by atoms with Gasteiger partial charge < -0.3 is 10.2 Å². The molecule has 1 aromatic rings. The summed E-state index contributed by atoms with van der Waals surface area (Å²) in [6.07, 6.45) is 0.793. The standard InChI is InChI=1S/C12H15N3O4/c1-13-12(17)5-6-14(2)10-4-3-9(8-16)7-11(10)15(18)19/h3-4,7-8H,5-6H2,1-2H3,(H,13,17). The number of hydrogen-bond donors (Lipinski definition) is 1. The maximum absolute atomic E-state index is 11.1. The van der Waals surface area contributed by atoms with Crippen LogP contribution in [0.3, 0.4) is 0 Å². The smallest absolute Gasteiger partial charge is 0.293 e. The summed E-state index contributed by atoms with van der Waals surface area (Å²) in [5.74, 6) is -0.140. The lowest BCUT2D eigenvalue weighted by Crippen LogP contribution is -2.26. The van der Waals surface area contributed by atoms with Crippen LogP contribution in [0.2, 0.25) is 0 Å². The van der Waals surface area contributed by atoms with Crippen LogP contribution >= 0.6 is 0 Å². The van der Waals surface area contributed by atoms with Gasteiger partial charge in [-0.1, -0.05) is 0 Å². The van der Waals surface area contributed by atoms with E-state index >= 15 is 0 Å². The highest BCUT2D eigenvalue weighted by Crippen LogP contribution is 2.28. The molecule has 1 rings (SSSR count). The van der Waals surface area contributed by atoms with Gasteiger partial charge in [-0.2, -0.15) is 0 Å². The predicted molar refractivity (Wildman–Crippen MR) is 70.4 cm³/mol. The fraction of sp³-hybridized carbons (Fsp3) is 0.333. The zero-order valence-electron chi connectivity index (χ0n) is 10.8. The summed E-state index contributed by atoms with van der Waals surface area (Å²) in [6.45, 7) is 0.348. The normalized spacial score (nSPS) is 9.79. The fourth-order valence-corrected chi connectivity index (χ4v) is 1.60. The molecule has 0 aliphatic heterocycles. The number of nitrogens with zero attached hydrogens (tertiary/aromatic N) is 2. The third kappa shape index (κ3) is 3.77. The Hall–Kier alpha value is -2.44. The molecule has 1 N–H and O–H groups in total. The first-order valence-corrected chi connectivity index (χ1v) is 5.65. The second kappa shape index (κ2) is 6.48. The number of carbonyl (C=O) groups excluding carboxylic acids is 2. The fourth-order valence-electron chi connectivity index (χ4n) is 1.60. The van der Waals surface area contributed by atoms with E-state index in [0.29, 0.717) is 18.5 Å². The maximum atomic E-state index is 11.1. The van der Waals surface area contributed by atoms with Gasteiger partial charge in [0.15, 0.2) is 0 Å². The molecule has 0 bridgehead atoms. The molecule has 0 heterocycles. The van der Waals surface area contributed by atoms with Gasteiger partial charge in [0.25, 0.3) is 5.69 Å². The molecule has 0 radical (unpaired) electrons. The van der Waals surface area contributed by atoms with Gasteiger partial charge in [0.05, 0.1) is 4.92 Å². The summed E-state index contributed by atoms with van der Waals surface area (Å²) in [5.41, 5.74) is 0.471. The second-order valence-electron chi connectivity index (χ2n) is 3.97. The van der Waals surface area contributed by atoms with E-state index in [-0.39, 0.29) is 23.6 Å². The predicted octanol–water partition coefficient (Wildman–Crippen LogP) is 0.980. The van der Waals surface area contributed by atoms with Crippen LogP contribution < -0.4 is 10.2 Å². The van der Waals surface area contributed by atoms with Crippen LogP contribution in [0.4, 0.5) is 11.4 Å². The van der Waals surface area contributed by atoms with Gasteiger partial charge in [-0.15, -0.1) is 0 Å². The van der Waals surface area contributed by atoms with Crippen LogP contribution in [-0.4, -0.2) is 37.8 Å². The van der Waals surface area contributed by atoms with Gasteiger partial charge in [0.1, 0.15) is 12.0 Å². The van der Waals surface area contributed by atoms with E-state index in [1.807, 2.05) is 0 Å². The lowest BCUT2D eigenvalue weighted by atomic mass is 10.1. The maximum Gasteiger partial charge on any atom is 0.293 e. The minimum absolute atomic E-state index is 0.140. The summed E-state index contributed by atoms with van der Waals surface area (Å²) in [6, 6.07) is 4.23. The van der Waals surface area contributed by atoms with Crippen molar-refractivity contribution in [2.75, 3.05) is 25.5 Å². The molecule has 0 saturated heterocycles. The van der Waals surface area contributed by atoms with Gasteiger partial charge in [0.2, 0.25) is 5.91 Å². The average molecular weight is 265 g/mol. The molecule has 0 aromatic heterocycles. The summed E-state index contributed by atoms with van der Waals surface area (Å²) in [5, 5.41) is 13.5. The molecule has 7 heteroatoms. The van der Waals surface area contributed by atoms with Crippen LogP contribution in [0.25, 0.3) is 0 Å². The molecule has 1 amide bonds. The van der Waals surface area contributed by atoms with Crippen molar-refractivity contribution in [3.63, 3.8) is 0 Å². The first-order valence-electron chi connectivity index (χ1n) is 5.65. The highest BCUT2D eigenvalue weighted by atomic mass is 16.6. The van der Waals surface area contributed by atoms with Crippen molar-refractivity contribution in [1.29, 1.82) is 0 Å². The van der Waals surface area contributed by atoms with Crippen LogP contribution in [0, 0.1) is 10.1 Å². The van der Waals surface area contributed by atoms with E-state index in [0.717, 1.165) is 0 Å². The number of amides is 1. The molecule has 0 aliphatic rings. The SMILES string of the molecule is CNC(=O)CCN(C)c1ccc(C=O)cc1[N+](=O)[O-]. The summed E-state index contributed by atoms with van der Waals surface area (Å²) < 4.78 is 0. The van der Waals surface area contributed by atoms with Gasteiger partial charge in [0, 0.05) is 38.7 Å². The van der Waals surface area contributed by atoms with Crippen molar-refractivity contribution in [2.45, 2.75) is 6.42 Å². The van der Waals surface area contributed by atoms with Crippen molar-refractivity contribution < 1.29 is 14.5 Å². The van der Waals surface area contributed by atoms with E-state index in [4.69, 9.17) is 0 Å². The number of nitrogens with one attached hydrogen (secondary N) is 1. The molecular formula is C12H15N3O4. The van der Waals surface area contributed by atoms with Crippen molar-refractivity contribution >= 4 is 23.6 Å². The number of nitro benzene ring substituents is 1. The van der Waals surface area contributed by atoms with Crippen LogP contribution in [0.5, 0.6) is 0 Å². The lowest BCUT2D eigenvalue weighted by molar-refractivity contribution is -0.384. The third-order valence-electron chi connectivity index (χ3n) is 2.70. The van der Waals surface area contributed by atoms with Crippen molar-refractivity contribution in [3.05, 3.63) is 33.9 Å². The Balaban J connectivity index is 2.95. The van der Waals surface area contributed by atoms with Crippen molar-refractivity contribution in [1.82, 2.24) is 5.32 Å². The number of carbonyl (C=O) groups is 2. The van der Waals surface area contributed by atoms with E-state index in [1.54, 1.807) is 11.9 Å². The first-order chi connectivity index (χ1) is 8.99. The summed E-state index contributed by atoms with van der Waals surface area (Å²) in [4.78, 5) is 33.8. The van der Waals surface area contributed by atoms with Crippen LogP contribution in [0.15, 0.2) is 18.2 Å². The minimum Gasteiger partial charge on any atom is -0.369 e. The van der Waals surface area contributed by atoms with Crippen molar-refractivity contribution in [3.8, 4) is 0 Å². The quantitative estimate of drug-likeness (QED) is 0.470. The number of hydrogen-bond acceptors (Lipinski definition) is 5. The van der Waals surface area contributed by atoms with Crippen molar-refractivity contribution in [2.24, 2.45) is 0 Å². The topological polar surface area (TPSA) is 92.6 Å². The molecule has 0 saturated carbocycles. The molecule has 0 fully saturated rings. The zero-order valence-corrected chi connectivity index (χ0v) is 10.8. The van der Waals surface area contributed by atoms with Gasteiger partial charge in [-0.3, -0.25) is 19.7 Å². The molecule has 102 valence electrons. The molecular weight excluding hydrogens is 250 g/mol. The number of rotatable bonds is 6. The Morgan fingerprint density at radius 1 is 1.53 bits per heavy atom. The van der Waals surface area contributed by atoms with E-state index < -0.39 is 4.92 Å². The Labute approximate surface area is 110 Å². The largest absolute Gasteiger partial charge is 0.369 e. The molecule has 0 unspecified atom stereocenters. The minimum atomic E-state index is -0.543.